The summed E-state index contributed by atoms with van der Waals surface area (Å²) in [6.45, 7) is 0. The zero-order chi connectivity index (χ0) is 15.0. The Kier molecular flexibility index (Phi) is 3.31. The van der Waals surface area contributed by atoms with Gasteiger partial charge in [0, 0.05) is 31.4 Å². The molecule has 0 fully saturated rings. The summed E-state index contributed by atoms with van der Waals surface area (Å²) >= 11 is 0. The molecule has 0 atom stereocenters. The SMILES string of the molecule is CN(C)S(=O)(=O)c1cccc(-n2ccc3c[c]ccc32)c1. The normalized spacial score (nSPS) is 12.1. The van der Waals surface area contributed by atoms with E-state index in [2.05, 4.69) is 6.07 Å². The highest BCUT2D eigenvalue weighted by molar-refractivity contribution is 7.89. The van der Waals surface area contributed by atoms with Crippen LogP contribution in [0.3, 0.4) is 0 Å². The number of sulfonamides is 1. The molecule has 1 aromatic heterocycles. The summed E-state index contributed by atoms with van der Waals surface area (Å²) in [7, 11) is -0.369. The van der Waals surface area contributed by atoms with Crippen LogP contribution in [0.5, 0.6) is 0 Å². The van der Waals surface area contributed by atoms with Crippen LogP contribution in [0.25, 0.3) is 16.6 Å². The molecule has 2 aromatic carbocycles. The van der Waals surface area contributed by atoms with Crippen LogP contribution in [0.15, 0.2) is 59.6 Å². The first-order chi connectivity index (χ1) is 10.00. The third kappa shape index (κ3) is 2.34. The standard InChI is InChI=1S/C16H15N2O2S/c1-17(2)21(19,20)15-8-5-7-14(12-15)18-11-10-13-6-3-4-9-16(13)18/h4-12H,1-2H3. The van der Waals surface area contributed by atoms with Crippen molar-refractivity contribution < 1.29 is 8.42 Å². The summed E-state index contributed by atoms with van der Waals surface area (Å²) in [4.78, 5) is 0.286. The number of fused-ring (bicyclic) bond motifs is 1. The monoisotopic (exact) mass is 299 g/mol. The van der Waals surface area contributed by atoms with Gasteiger partial charge in [-0.25, -0.2) is 12.7 Å². The maximum Gasteiger partial charge on any atom is 0.242 e. The number of hydrogen-bond acceptors (Lipinski definition) is 2. The highest BCUT2D eigenvalue weighted by Gasteiger charge is 2.17. The highest BCUT2D eigenvalue weighted by atomic mass is 32.2. The van der Waals surface area contributed by atoms with Crippen molar-refractivity contribution in [1.82, 2.24) is 8.87 Å². The molecule has 3 aromatic rings. The summed E-state index contributed by atoms with van der Waals surface area (Å²) in [6.07, 6.45) is 1.93. The van der Waals surface area contributed by atoms with Gasteiger partial charge in [0.1, 0.15) is 0 Å². The minimum absolute atomic E-state index is 0.286. The molecule has 0 spiro atoms. The lowest BCUT2D eigenvalue weighted by atomic mass is 10.2. The van der Waals surface area contributed by atoms with E-state index in [9.17, 15) is 8.42 Å². The second-order valence-corrected chi connectivity index (χ2v) is 7.11. The molecule has 0 aliphatic rings. The van der Waals surface area contributed by atoms with E-state index in [-0.39, 0.29) is 4.90 Å². The molecule has 1 radical (unpaired) electrons. The Hall–Kier alpha value is -2.11. The maximum atomic E-state index is 12.2. The van der Waals surface area contributed by atoms with Gasteiger partial charge in [0.05, 0.1) is 10.4 Å². The highest BCUT2D eigenvalue weighted by Crippen LogP contribution is 2.22. The number of benzene rings is 2. The molecule has 1 heterocycles. The minimum Gasteiger partial charge on any atom is -0.317 e. The maximum absolute atomic E-state index is 12.2. The first kappa shape index (κ1) is 13.9. The fraction of sp³-hybridized carbons (Fsp3) is 0.125. The molecule has 0 amide bonds. The van der Waals surface area contributed by atoms with Gasteiger partial charge in [-0.15, -0.1) is 0 Å². The van der Waals surface area contributed by atoms with Gasteiger partial charge in [0.15, 0.2) is 0 Å². The van der Waals surface area contributed by atoms with Crippen LogP contribution in [0.2, 0.25) is 0 Å². The zero-order valence-corrected chi connectivity index (χ0v) is 12.6. The Bertz CT molecular complexity index is 895. The second-order valence-electron chi connectivity index (χ2n) is 4.96. The Balaban J connectivity index is 2.17. The van der Waals surface area contributed by atoms with E-state index >= 15 is 0 Å². The molecule has 0 N–H and O–H groups in total. The topological polar surface area (TPSA) is 42.3 Å². The average molecular weight is 299 g/mol. The van der Waals surface area contributed by atoms with Crippen LogP contribution < -0.4 is 0 Å². The van der Waals surface area contributed by atoms with Crippen molar-refractivity contribution in [3.05, 3.63) is 60.8 Å². The molecular weight excluding hydrogens is 284 g/mol. The van der Waals surface area contributed by atoms with E-state index in [1.165, 1.54) is 18.4 Å². The van der Waals surface area contributed by atoms with Gasteiger partial charge < -0.3 is 4.57 Å². The van der Waals surface area contributed by atoms with Crippen molar-refractivity contribution >= 4 is 20.9 Å². The van der Waals surface area contributed by atoms with E-state index in [1.807, 2.05) is 41.1 Å². The first-order valence-corrected chi connectivity index (χ1v) is 7.94. The van der Waals surface area contributed by atoms with Crippen molar-refractivity contribution in [3.8, 4) is 5.69 Å². The van der Waals surface area contributed by atoms with Gasteiger partial charge in [-0.1, -0.05) is 12.1 Å². The lowest BCUT2D eigenvalue weighted by Crippen LogP contribution is -2.22. The van der Waals surface area contributed by atoms with Gasteiger partial charge in [-0.2, -0.15) is 0 Å². The molecule has 0 bridgehead atoms. The van der Waals surface area contributed by atoms with Gasteiger partial charge in [0.2, 0.25) is 10.0 Å². The van der Waals surface area contributed by atoms with Gasteiger partial charge in [-0.05, 0) is 42.5 Å². The number of hydrogen-bond donors (Lipinski definition) is 0. The third-order valence-corrected chi connectivity index (χ3v) is 5.22. The molecule has 107 valence electrons. The molecule has 3 rings (SSSR count). The van der Waals surface area contributed by atoms with Crippen molar-refractivity contribution in [2.75, 3.05) is 14.1 Å². The minimum atomic E-state index is -3.43. The van der Waals surface area contributed by atoms with E-state index in [1.54, 1.807) is 18.2 Å². The summed E-state index contributed by atoms with van der Waals surface area (Å²) in [6, 6.07) is 17.7. The van der Waals surface area contributed by atoms with Crippen molar-refractivity contribution in [2.24, 2.45) is 0 Å². The molecule has 0 unspecified atom stereocenters. The third-order valence-electron chi connectivity index (χ3n) is 3.41. The quantitative estimate of drug-likeness (QED) is 0.746. The Morgan fingerprint density at radius 2 is 1.95 bits per heavy atom. The van der Waals surface area contributed by atoms with Crippen molar-refractivity contribution in [1.29, 1.82) is 0 Å². The van der Waals surface area contributed by atoms with Gasteiger partial charge in [-0.3, -0.25) is 0 Å². The number of nitrogens with zero attached hydrogens (tertiary/aromatic N) is 2. The summed E-state index contributed by atoms with van der Waals surface area (Å²) in [5, 5.41) is 1.07. The van der Waals surface area contributed by atoms with Crippen LogP contribution in [-0.2, 0) is 10.0 Å². The average Bonchev–Trinajstić information content (AvgIpc) is 2.91. The lowest BCUT2D eigenvalue weighted by Gasteiger charge is -2.13. The van der Waals surface area contributed by atoms with Crippen LogP contribution >= 0.6 is 0 Å². The van der Waals surface area contributed by atoms with E-state index < -0.39 is 10.0 Å². The molecule has 5 heteroatoms. The fourth-order valence-electron chi connectivity index (χ4n) is 2.25. The predicted octanol–water partition coefficient (Wildman–Crippen LogP) is 2.68. The van der Waals surface area contributed by atoms with Crippen LogP contribution in [-0.4, -0.2) is 31.4 Å². The predicted molar refractivity (Wildman–Crippen MR) is 83.0 cm³/mol. The molecule has 0 aliphatic carbocycles. The summed E-state index contributed by atoms with van der Waals surface area (Å²) < 4.78 is 27.6. The first-order valence-electron chi connectivity index (χ1n) is 6.50. The summed E-state index contributed by atoms with van der Waals surface area (Å²) in [5.74, 6) is 0. The van der Waals surface area contributed by atoms with E-state index in [4.69, 9.17) is 0 Å². The fourth-order valence-corrected chi connectivity index (χ4v) is 3.19. The molecule has 4 nitrogen and oxygen atoms in total. The van der Waals surface area contributed by atoms with Crippen LogP contribution in [0.4, 0.5) is 0 Å². The van der Waals surface area contributed by atoms with Gasteiger partial charge >= 0.3 is 0 Å². The van der Waals surface area contributed by atoms with Crippen molar-refractivity contribution in [2.45, 2.75) is 4.90 Å². The lowest BCUT2D eigenvalue weighted by molar-refractivity contribution is 0.520. The van der Waals surface area contributed by atoms with Gasteiger partial charge in [0.25, 0.3) is 0 Å². The Labute approximate surface area is 124 Å². The largest absolute Gasteiger partial charge is 0.317 e. The van der Waals surface area contributed by atoms with E-state index in [0.29, 0.717) is 0 Å². The number of aromatic nitrogens is 1. The summed E-state index contributed by atoms with van der Waals surface area (Å²) in [5.41, 5.74) is 1.84. The Morgan fingerprint density at radius 1 is 1.14 bits per heavy atom. The number of rotatable bonds is 3. The Morgan fingerprint density at radius 3 is 2.71 bits per heavy atom. The molecule has 21 heavy (non-hydrogen) atoms. The smallest absolute Gasteiger partial charge is 0.242 e. The molecular formula is C16H15N2O2S. The van der Waals surface area contributed by atoms with E-state index in [0.717, 1.165) is 16.6 Å². The molecule has 0 saturated carbocycles. The molecule has 0 saturated heterocycles. The van der Waals surface area contributed by atoms with Crippen molar-refractivity contribution in [3.63, 3.8) is 0 Å². The van der Waals surface area contributed by atoms with Crippen LogP contribution in [0, 0.1) is 6.07 Å². The zero-order valence-electron chi connectivity index (χ0n) is 11.8. The van der Waals surface area contributed by atoms with Crippen LogP contribution in [0.1, 0.15) is 0 Å². The second kappa shape index (κ2) is 5.02. The molecule has 0 aliphatic heterocycles.